The van der Waals surface area contributed by atoms with Gasteiger partial charge in [0.05, 0.1) is 12.6 Å². The van der Waals surface area contributed by atoms with Gasteiger partial charge in [-0.3, -0.25) is 5.41 Å². The summed E-state index contributed by atoms with van der Waals surface area (Å²) in [5, 5.41) is 7.04. The molecule has 1 rings (SSSR count). The minimum Gasteiger partial charge on any atom is -0.459 e. The molecule has 0 unspecified atom stereocenters. The largest absolute Gasteiger partial charge is 0.459 e. The van der Waals surface area contributed by atoms with Crippen LogP contribution in [0.1, 0.15) is 5.76 Å². The molecule has 0 amide bonds. The first-order chi connectivity index (χ1) is 5.25. The maximum atomic E-state index is 7.04. The molecule has 0 radical (unpaired) electrons. The van der Waals surface area contributed by atoms with E-state index >= 15 is 0 Å². The highest BCUT2D eigenvalue weighted by molar-refractivity contribution is 5.97. The SMILES string of the molecule is N=C(N)c1occc1N=CN. The Hall–Kier alpha value is -1.78. The first kappa shape index (κ1) is 7.33. The van der Waals surface area contributed by atoms with Crippen LogP contribution in [-0.2, 0) is 0 Å². The van der Waals surface area contributed by atoms with Gasteiger partial charge in [0, 0.05) is 6.07 Å². The van der Waals surface area contributed by atoms with Gasteiger partial charge in [0.1, 0.15) is 5.69 Å². The predicted molar refractivity (Wildman–Crippen MR) is 42.1 cm³/mol. The van der Waals surface area contributed by atoms with Gasteiger partial charge in [-0.25, -0.2) is 4.99 Å². The molecule has 1 aromatic rings. The van der Waals surface area contributed by atoms with Crippen LogP contribution < -0.4 is 11.5 Å². The summed E-state index contributed by atoms with van der Waals surface area (Å²) in [7, 11) is 0. The number of furan rings is 1. The molecular weight excluding hydrogens is 144 g/mol. The van der Waals surface area contributed by atoms with E-state index in [-0.39, 0.29) is 11.6 Å². The first-order valence-electron chi connectivity index (χ1n) is 2.92. The van der Waals surface area contributed by atoms with Gasteiger partial charge in [0.2, 0.25) is 0 Å². The fraction of sp³-hybridized carbons (Fsp3) is 0. The lowest BCUT2D eigenvalue weighted by Crippen LogP contribution is -2.09. The van der Waals surface area contributed by atoms with Gasteiger partial charge in [-0.1, -0.05) is 0 Å². The van der Waals surface area contributed by atoms with Gasteiger partial charge in [0.25, 0.3) is 0 Å². The standard InChI is InChI=1S/C6H8N4O/c7-3-10-4-1-2-11-5(4)6(8)9/h1-3H,(H2,7,10)(H3,8,9). The van der Waals surface area contributed by atoms with Crippen LogP contribution in [0.4, 0.5) is 5.69 Å². The molecular formula is C6H8N4O. The molecule has 0 bridgehead atoms. The monoisotopic (exact) mass is 152 g/mol. The summed E-state index contributed by atoms with van der Waals surface area (Å²) in [6, 6.07) is 1.58. The molecule has 0 fully saturated rings. The molecule has 5 N–H and O–H groups in total. The Morgan fingerprint density at radius 3 is 3.00 bits per heavy atom. The second-order valence-corrected chi connectivity index (χ2v) is 1.83. The molecule has 0 aliphatic rings. The van der Waals surface area contributed by atoms with E-state index in [9.17, 15) is 0 Å². The van der Waals surface area contributed by atoms with Crippen molar-refractivity contribution in [3.63, 3.8) is 0 Å². The molecule has 5 heteroatoms. The maximum Gasteiger partial charge on any atom is 0.193 e. The first-order valence-corrected chi connectivity index (χ1v) is 2.92. The average Bonchev–Trinajstić information content (AvgIpc) is 2.36. The van der Waals surface area contributed by atoms with Gasteiger partial charge in [0.15, 0.2) is 11.6 Å². The predicted octanol–water partition coefficient (Wildman–Crippen LogP) is 0.182. The number of nitrogens with one attached hydrogen (secondary N) is 1. The number of hydrogen-bond acceptors (Lipinski definition) is 3. The Kier molecular flexibility index (Phi) is 1.91. The molecule has 0 aliphatic carbocycles. The molecule has 5 nitrogen and oxygen atoms in total. The molecule has 11 heavy (non-hydrogen) atoms. The third-order valence-electron chi connectivity index (χ3n) is 1.10. The van der Waals surface area contributed by atoms with E-state index in [0.717, 1.165) is 6.34 Å². The molecule has 1 aromatic heterocycles. The van der Waals surface area contributed by atoms with Crippen LogP contribution >= 0.6 is 0 Å². The smallest absolute Gasteiger partial charge is 0.193 e. The Morgan fingerprint density at radius 2 is 2.45 bits per heavy atom. The van der Waals surface area contributed by atoms with Crippen LogP contribution in [0.5, 0.6) is 0 Å². The van der Waals surface area contributed by atoms with Crippen molar-refractivity contribution in [2.24, 2.45) is 16.5 Å². The van der Waals surface area contributed by atoms with Crippen molar-refractivity contribution >= 4 is 17.9 Å². The number of nitrogens with two attached hydrogens (primary N) is 2. The summed E-state index contributed by atoms with van der Waals surface area (Å²) < 4.78 is 4.86. The summed E-state index contributed by atoms with van der Waals surface area (Å²) in [4.78, 5) is 3.73. The zero-order valence-electron chi connectivity index (χ0n) is 5.74. The van der Waals surface area contributed by atoms with Gasteiger partial charge in [-0.15, -0.1) is 0 Å². The average molecular weight is 152 g/mol. The Morgan fingerprint density at radius 1 is 1.73 bits per heavy atom. The summed E-state index contributed by atoms with van der Waals surface area (Å²) in [5.74, 6) is 0.0855. The van der Waals surface area contributed by atoms with Gasteiger partial charge >= 0.3 is 0 Å². The van der Waals surface area contributed by atoms with Crippen LogP contribution in [-0.4, -0.2) is 12.2 Å². The third-order valence-corrected chi connectivity index (χ3v) is 1.10. The van der Waals surface area contributed by atoms with E-state index in [0.29, 0.717) is 5.69 Å². The lowest BCUT2D eigenvalue weighted by Gasteiger charge is -1.91. The maximum absolute atomic E-state index is 7.04. The highest BCUT2D eigenvalue weighted by Gasteiger charge is 2.06. The van der Waals surface area contributed by atoms with Crippen LogP contribution in [0.25, 0.3) is 0 Å². The Bertz CT molecular complexity index is 289. The minimum absolute atomic E-state index is 0.157. The second kappa shape index (κ2) is 2.87. The van der Waals surface area contributed by atoms with Gasteiger partial charge < -0.3 is 15.9 Å². The fourth-order valence-corrected chi connectivity index (χ4v) is 0.686. The van der Waals surface area contributed by atoms with Crippen LogP contribution in [0.3, 0.4) is 0 Å². The van der Waals surface area contributed by atoms with E-state index in [2.05, 4.69) is 4.99 Å². The zero-order chi connectivity index (χ0) is 8.27. The van der Waals surface area contributed by atoms with Crippen molar-refractivity contribution in [2.75, 3.05) is 0 Å². The molecule has 0 atom stereocenters. The third kappa shape index (κ3) is 1.37. The van der Waals surface area contributed by atoms with Crippen LogP contribution in [0.2, 0.25) is 0 Å². The number of nitrogen functional groups attached to an aromatic ring is 1. The number of amidine groups is 1. The molecule has 0 saturated carbocycles. The number of aliphatic imine (C=N–C) groups is 1. The highest BCUT2D eigenvalue weighted by atomic mass is 16.3. The van der Waals surface area contributed by atoms with Crippen LogP contribution in [0.15, 0.2) is 21.7 Å². The lowest BCUT2D eigenvalue weighted by atomic mass is 10.3. The second-order valence-electron chi connectivity index (χ2n) is 1.83. The van der Waals surface area contributed by atoms with Crippen molar-refractivity contribution in [3.8, 4) is 0 Å². The molecule has 0 aromatic carbocycles. The molecule has 0 aliphatic heterocycles. The summed E-state index contributed by atoms with van der Waals surface area (Å²) in [6.45, 7) is 0. The van der Waals surface area contributed by atoms with Crippen molar-refractivity contribution in [2.45, 2.75) is 0 Å². The molecule has 0 spiro atoms. The number of hydrogen-bond donors (Lipinski definition) is 3. The zero-order valence-corrected chi connectivity index (χ0v) is 5.74. The van der Waals surface area contributed by atoms with Crippen molar-refractivity contribution in [1.82, 2.24) is 0 Å². The van der Waals surface area contributed by atoms with E-state index in [1.807, 2.05) is 0 Å². The van der Waals surface area contributed by atoms with E-state index in [1.165, 1.54) is 6.26 Å². The number of rotatable bonds is 2. The topological polar surface area (TPSA) is 101 Å². The van der Waals surface area contributed by atoms with Crippen LogP contribution in [0, 0.1) is 5.41 Å². The van der Waals surface area contributed by atoms with E-state index in [1.54, 1.807) is 6.07 Å². The quantitative estimate of drug-likeness (QED) is 0.416. The Balaban J connectivity index is 3.05. The Labute approximate surface area is 63.2 Å². The van der Waals surface area contributed by atoms with Gasteiger partial charge in [-0.2, -0.15) is 0 Å². The van der Waals surface area contributed by atoms with E-state index in [4.69, 9.17) is 21.3 Å². The lowest BCUT2D eigenvalue weighted by molar-refractivity contribution is 0.557. The summed E-state index contributed by atoms with van der Waals surface area (Å²) in [5.41, 5.74) is 10.7. The van der Waals surface area contributed by atoms with Crippen molar-refractivity contribution in [3.05, 3.63) is 18.1 Å². The van der Waals surface area contributed by atoms with E-state index < -0.39 is 0 Å². The number of nitrogens with zero attached hydrogens (tertiary/aromatic N) is 1. The fourth-order valence-electron chi connectivity index (χ4n) is 0.686. The summed E-state index contributed by atoms with van der Waals surface area (Å²) >= 11 is 0. The van der Waals surface area contributed by atoms with Gasteiger partial charge in [-0.05, 0) is 0 Å². The minimum atomic E-state index is -0.157. The van der Waals surface area contributed by atoms with Crippen molar-refractivity contribution in [1.29, 1.82) is 5.41 Å². The highest BCUT2D eigenvalue weighted by Crippen LogP contribution is 2.18. The normalized spacial score (nSPS) is 10.5. The molecule has 1 heterocycles. The molecule has 0 saturated heterocycles. The molecule has 58 valence electrons. The van der Waals surface area contributed by atoms with Crippen molar-refractivity contribution < 1.29 is 4.42 Å². The summed E-state index contributed by atoms with van der Waals surface area (Å²) in [6.07, 6.45) is 2.52.